The summed E-state index contributed by atoms with van der Waals surface area (Å²) < 4.78 is 10.4. The third-order valence-corrected chi connectivity index (χ3v) is 3.18. The molecule has 0 fully saturated rings. The molecule has 0 radical (unpaired) electrons. The average Bonchev–Trinajstić information content (AvgIpc) is 2.48. The lowest BCUT2D eigenvalue weighted by Gasteiger charge is -2.13. The summed E-state index contributed by atoms with van der Waals surface area (Å²) in [5.41, 5.74) is 1.76. The Hall–Kier alpha value is -2.27. The van der Waals surface area contributed by atoms with Gasteiger partial charge in [-0.15, -0.1) is 0 Å². The van der Waals surface area contributed by atoms with E-state index in [4.69, 9.17) is 21.1 Å². The van der Waals surface area contributed by atoms with E-state index in [1.165, 1.54) is 14.2 Å². The van der Waals surface area contributed by atoms with E-state index in [0.717, 1.165) is 5.69 Å². The van der Waals surface area contributed by atoms with E-state index in [2.05, 4.69) is 10.3 Å². The quantitative estimate of drug-likeness (QED) is 0.941. The Labute approximate surface area is 127 Å². The predicted molar refractivity (Wildman–Crippen MR) is 81.5 cm³/mol. The van der Waals surface area contributed by atoms with Crippen LogP contribution in [0.2, 0.25) is 5.02 Å². The summed E-state index contributed by atoms with van der Waals surface area (Å²) in [5.74, 6) is 0.654. The molecular weight excluding hydrogens is 292 g/mol. The fourth-order valence-electron chi connectivity index (χ4n) is 1.84. The van der Waals surface area contributed by atoms with Crippen LogP contribution in [0.3, 0.4) is 0 Å². The Kier molecular flexibility index (Phi) is 4.65. The molecule has 0 aliphatic carbocycles. The number of methoxy groups -OCH3 is 2. The summed E-state index contributed by atoms with van der Waals surface area (Å²) in [7, 11) is 3.01. The zero-order valence-corrected chi connectivity index (χ0v) is 12.7. The highest BCUT2D eigenvalue weighted by molar-refractivity contribution is 6.32. The maximum atomic E-state index is 12.3. The van der Waals surface area contributed by atoms with Crippen molar-refractivity contribution in [3.05, 3.63) is 46.7 Å². The number of aromatic nitrogens is 1. The topological polar surface area (TPSA) is 60.5 Å². The van der Waals surface area contributed by atoms with Gasteiger partial charge in [-0.25, -0.2) is 0 Å². The molecule has 0 saturated carbocycles. The summed E-state index contributed by atoms with van der Waals surface area (Å²) in [5, 5.41) is 3.19. The van der Waals surface area contributed by atoms with Gasteiger partial charge in [-0.1, -0.05) is 11.6 Å². The number of ether oxygens (including phenoxy) is 2. The summed E-state index contributed by atoms with van der Waals surface area (Å²) in [4.78, 5) is 16.3. The predicted octanol–water partition coefficient (Wildman–Crippen LogP) is 3.31. The summed E-state index contributed by atoms with van der Waals surface area (Å²) >= 11 is 6.03. The Balaban J connectivity index is 2.32. The minimum Gasteiger partial charge on any atom is -0.495 e. The van der Waals surface area contributed by atoms with E-state index in [-0.39, 0.29) is 5.91 Å². The fraction of sp³-hybridized carbons (Fsp3) is 0.200. The van der Waals surface area contributed by atoms with Crippen LogP contribution in [0, 0.1) is 6.92 Å². The number of rotatable bonds is 4. The first kappa shape index (κ1) is 15.1. The van der Waals surface area contributed by atoms with E-state index in [9.17, 15) is 4.79 Å². The van der Waals surface area contributed by atoms with E-state index in [0.29, 0.717) is 27.8 Å². The lowest BCUT2D eigenvalue weighted by atomic mass is 10.2. The Morgan fingerprint density at radius 1 is 1.19 bits per heavy atom. The van der Waals surface area contributed by atoms with Gasteiger partial charge in [0.1, 0.15) is 11.5 Å². The molecule has 0 aliphatic heterocycles. The van der Waals surface area contributed by atoms with Gasteiger partial charge in [0.2, 0.25) is 0 Å². The van der Waals surface area contributed by atoms with Crippen LogP contribution in [0.25, 0.3) is 0 Å². The van der Waals surface area contributed by atoms with Crippen LogP contribution in [0.1, 0.15) is 16.1 Å². The summed E-state index contributed by atoms with van der Waals surface area (Å²) in [6.07, 6.45) is 1.59. The molecule has 5 nitrogen and oxygen atoms in total. The molecule has 110 valence electrons. The number of carbonyl (C=O) groups excluding carboxylic acids is 1. The zero-order chi connectivity index (χ0) is 15.4. The number of nitrogens with one attached hydrogen (secondary N) is 1. The molecule has 0 spiro atoms. The number of amides is 1. The molecular formula is C15H15ClN2O3. The molecule has 21 heavy (non-hydrogen) atoms. The Morgan fingerprint density at radius 3 is 2.52 bits per heavy atom. The average molecular weight is 307 g/mol. The number of anilines is 1. The van der Waals surface area contributed by atoms with Crippen LogP contribution in [0.5, 0.6) is 11.5 Å². The van der Waals surface area contributed by atoms with Gasteiger partial charge < -0.3 is 14.8 Å². The maximum absolute atomic E-state index is 12.3. The van der Waals surface area contributed by atoms with E-state index in [1.807, 2.05) is 6.92 Å². The molecule has 2 rings (SSSR count). The third-order valence-electron chi connectivity index (χ3n) is 2.88. The van der Waals surface area contributed by atoms with Crippen LogP contribution in [-0.2, 0) is 0 Å². The van der Waals surface area contributed by atoms with Gasteiger partial charge in [0.25, 0.3) is 5.91 Å². The van der Waals surface area contributed by atoms with Crippen LogP contribution in [-0.4, -0.2) is 25.1 Å². The van der Waals surface area contributed by atoms with Gasteiger partial charge in [0.05, 0.1) is 24.9 Å². The molecule has 1 aromatic carbocycles. The molecule has 0 unspecified atom stereocenters. The molecule has 6 heteroatoms. The monoisotopic (exact) mass is 306 g/mol. The SMILES string of the molecule is COc1cc(NC(=O)c2ccnc(C)c2)c(OC)cc1Cl. The van der Waals surface area contributed by atoms with Crippen molar-refractivity contribution in [3.63, 3.8) is 0 Å². The highest BCUT2D eigenvalue weighted by atomic mass is 35.5. The lowest BCUT2D eigenvalue weighted by Crippen LogP contribution is -2.13. The van der Waals surface area contributed by atoms with Crippen molar-refractivity contribution in [2.75, 3.05) is 19.5 Å². The maximum Gasteiger partial charge on any atom is 0.255 e. The number of aryl methyl sites for hydroxylation is 1. The van der Waals surface area contributed by atoms with Gasteiger partial charge in [-0.3, -0.25) is 9.78 Å². The number of carbonyl (C=O) groups is 1. The molecule has 1 amide bonds. The zero-order valence-electron chi connectivity index (χ0n) is 11.9. The third kappa shape index (κ3) is 3.44. The first-order valence-corrected chi connectivity index (χ1v) is 6.58. The van der Waals surface area contributed by atoms with Crippen molar-refractivity contribution in [3.8, 4) is 11.5 Å². The number of pyridine rings is 1. The van der Waals surface area contributed by atoms with Crippen molar-refractivity contribution in [1.82, 2.24) is 4.98 Å². The number of benzene rings is 1. The molecule has 2 aromatic rings. The first-order chi connectivity index (χ1) is 10.0. The highest BCUT2D eigenvalue weighted by Crippen LogP contribution is 2.36. The van der Waals surface area contributed by atoms with E-state index >= 15 is 0 Å². The summed E-state index contributed by atoms with van der Waals surface area (Å²) in [6, 6.07) is 6.55. The minimum absolute atomic E-state index is 0.261. The first-order valence-electron chi connectivity index (χ1n) is 6.20. The summed E-state index contributed by atoms with van der Waals surface area (Å²) in [6.45, 7) is 1.82. The van der Waals surface area contributed by atoms with Crippen molar-refractivity contribution < 1.29 is 14.3 Å². The van der Waals surface area contributed by atoms with Gasteiger partial charge in [-0.2, -0.15) is 0 Å². The number of hydrogen-bond donors (Lipinski definition) is 1. The molecule has 0 atom stereocenters. The van der Waals surface area contributed by atoms with E-state index < -0.39 is 0 Å². The standard InChI is InChI=1S/C15H15ClN2O3/c1-9-6-10(4-5-17-9)15(19)18-12-8-13(20-2)11(16)7-14(12)21-3/h4-8H,1-3H3,(H,18,19). The lowest BCUT2D eigenvalue weighted by molar-refractivity contribution is 0.102. The molecule has 0 saturated heterocycles. The second kappa shape index (κ2) is 6.45. The van der Waals surface area contributed by atoms with Crippen molar-refractivity contribution >= 4 is 23.2 Å². The van der Waals surface area contributed by atoms with E-state index in [1.54, 1.807) is 30.5 Å². The molecule has 1 heterocycles. The second-order valence-electron chi connectivity index (χ2n) is 4.33. The van der Waals surface area contributed by atoms with Gasteiger partial charge >= 0.3 is 0 Å². The highest BCUT2D eigenvalue weighted by Gasteiger charge is 2.13. The van der Waals surface area contributed by atoms with Crippen molar-refractivity contribution in [2.24, 2.45) is 0 Å². The Morgan fingerprint density at radius 2 is 1.90 bits per heavy atom. The minimum atomic E-state index is -0.261. The van der Waals surface area contributed by atoms with Crippen LogP contribution >= 0.6 is 11.6 Å². The van der Waals surface area contributed by atoms with Crippen molar-refractivity contribution in [1.29, 1.82) is 0 Å². The smallest absolute Gasteiger partial charge is 0.255 e. The van der Waals surface area contributed by atoms with Gasteiger partial charge in [0.15, 0.2) is 0 Å². The van der Waals surface area contributed by atoms with Gasteiger partial charge in [-0.05, 0) is 19.1 Å². The molecule has 1 aromatic heterocycles. The largest absolute Gasteiger partial charge is 0.495 e. The molecule has 0 bridgehead atoms. The number of halogens is 1. The number of nitrogens with zero attached hydrogens (tertiary/aromatic N) is 1. The molecule has 1 N–H and O–H groups in total. The van der Waals surface area contributed by atoms with Crippen LogP contribution in [0.4, 0.5) is 5.69 Å². The van der Waals surface area contributed by atoms with Gasteiger partial charge in [0, 0.05) is 29.6 Å². The van der Waals surface area contributed by atoms with Crippen LogP contribution in [0.15, 0.2) is 30.5 Å². The number of hydrogen-bond acceptors (Lipinski definition) is 4. The van der Waals surface area contributed by atoms with Crippen LogP contribution < -0.4 is 14.8 Å². The van der Waals surface area contributed by atoms with Crippen molar-refractivity contribution in [2.45, 2.75) is 6.92 Å². The Bertz CT molecular complexity index is 674. The molecule has 0 aliphatic rings. The normalized spacial score (nSPS) is 10.1. The fourth-order valence-corrected chi connectivity index (χ4v) is 2.07. The second-order valence-corrected chi connectivity index (χ2v) is 4.73.